The van der Waals surface area contributed by atoms with Gasteiger partial charge in [0.25, 0.3) is 0 Å². The molecule has 0 aliphatic heterocycles. The highest BCUT2D eigenvalue weighted by molar-refractivity contribution is 5.83. The number of hydrogen-bond donors (Lipinski definition) is 0. The largest absolute Gasteiger partial charge is 0.488 e. The van der Waals surface area contributed by atoms with Crippen LogP contribution in [-0.4, -0.2) is 27.1 Å². The van der Waals surface area contributed by atoms with Crippen molar-refractivity contribution < 1.29 is 9.53 Å². The highest BCUT2D eigenvalue weighted by atomic mass is 16.5. The zero-order valence-corrected chi connectivity index (χ0v) is 19.8. The van der Waals surface area contributed by atoms with E-state index in [4.69, 9.17) is 4.74 Å². The summed E-state index contributed by atoms with van der Waals surface area (Å²) in [5.41, 5.74) is 6.94. The van der Waals surface area contributed by atoms with E-state index in [1.54, 1.807) is 4.68 Å². The lowest BCUT2D eigenvalue weighted by atomic mass is 10.0. The van der Waals surface area contributed by atoms with Gasteiger partial charge >= 0.3 is 0 Å². The Balaban J connectivity index is 1.41. The van der Waals surface area contributed by atoms with Gasteiger partial charge in [0.15, 0.2) is 0 Å². The number of carbonyl (C=O) groups is 1. The van der Waals surface area contributed by atoms with E-state index < -0.39 is 0 Å². The number of ether oxygens (including phenoxy) is 1. The van der Waals surface area contributed by atoms with Gasteiger partial charge in [0.05, 0.1) is 6.20 Å². The van der Waals surface area contributed by atoms with Crippen molar-refractivity contribution in [3.63, 3.8) is 0 Å². The molecule has 3 aromatic rings. The van der Waals surface area contributed by atoms with Crippen LogP contribution in [0.5, 0.6) is 5.75 Å². The molecule has 0 bridgehead atoms. The van der Waals surface area contributed by atoms with Gasteiger partial charge in [-0.25, -0.2) is 0 Å². The fourth-order valence-electron chi connectivity index (χ4n) is 4.58. The molecule has 2 atom stereocenters. The van der Waals surface area contributed by atoms with E-state index >= 15 is 0 Å². The van der Waals surface area contributed by atoms with Gasteiger partial charge in [0.1, 0.15) is 12.4 Å². The van der Waals surface area contributed by atoms with Crippen LogP contribution in [0.15, 0.2) is 48.8 Å². The molecule has 1 saturated carbocycles. The maximum Gasteiger partial charge on any atom is 0.226 e. The molecule has 1 aliphatic rings. The quantitative estimate of drug-likeness (QED) is 0.500. The number of amides is 1. The second-order valence-electron chi connectivity index (χ2n) is 9.08. The first kappa shape index (κ1) is 22.1. The van der Waals surface area contributed by atoms with Gasteiger partial charge in [-0.15, -0.1) is 0 Å². The summed E-state index contributed by atoms with van der Waals surface area (Å²) in [5, 5.41) is 4.25. The Morgan fingerprint density at radius 2 is 1.91 bits per heavy atom. The van der Waals surface area contributed by atoms with E-state index in [1.165, 1.54) is 16.7 Å². The topological polar surface area (TPSA) is 47.4 Å². The second kappa shape index (κ2) is 9.19. The van der Waals surface area contributed by atoms with Crippen molar-refractivity contribution in [2.24, 2.45) is 13.0 Å². The minimum Gasteiger partial charge on any atom is -0.488 e. The molecule has 168 valence electrons. The first-order valence-corrected chi connectivity index (χ1v) is 11.4. The molecule has 1 fully saturated rings. The molecule has 2 aromatic carbocycles. The first-order chi connectivity index (χ1) is 15.4. The van der Waals surface area contributed by atoms with Crippen molar-refractivity contribution in [1.29, 1.82) is 0 Å². The molecule has 0 saturated heterocycles. The van der Waals surface area contributed by atoms with Gasteiger partial charge in [-0.2, -0.15) is 5.10 Å². The number of hydrogen-bond acceptors (Lipinski definition) is 3. The summed E-state index contributed by atoms with van der Waals surface area (Å²) >= 11 is 0. The molecule has 32 heavy (non-hydrogen) atoms. The van der Waals surface area contributed by atoms with Crippen molar-refractivity contribution in [3.8, 4) is 5.75 Å². The molecule has 1 amide bonds. The Labute approximate surface area is 191 Å². The number of aryl methyl sites for hydroxylation is 4. The van der Waals surface area contributed by atoms with Gasteiger partial charge in [0.2, 0.25) is 5.91 Å². The molecule has 5 nitrogen and oxygen atoms in total. The Morgan fingerprint density at radius 1 is 1.16 bits per heavy atom. The van der Waals surface area contributed by atoms with Crippen LogP contribution in [0.1, 0.15) is 52.6 Å². The Bertz CT molecular complexity index is 1090. The summed E-state index contributed by atoms with van der Waals surface area (Å²) in [5.74, 6) is 1.57. The predicted molar refractivity (Wildman–Crippen MR) is 127 cm³/mol. The normalized spacial score (nSPS) is 17.3. The number of carbonyl (C=O) groups excluding carboxylic acids is 1. The van der Waals surface area contributed by atoms with E-state index in [1.807, 2.05) is 24.3 Å². The van der Waals surface area contributed by atoms with Gasteiger partial charge in [-0.05, 0) is 67.9 Å². The lowest BCUT2D eigenvalue weighted by molar-refractivity contribution is -0.133. The molecule has 4 rings (SSSR count). The van der Waals surface area contributed by atoms with Crippen LogP contribution in [0.25, 0.3) is 0 Å². The first-order valence-electron chi connectivity index (χ1n) is 11.4. The summed E-state index contributed by atoms with van der Waals surface area (Å²) in [4.78, 5) is 15.1. The third kappa shape index (κ3) is 4.87. The minimum absolute atomic E-state index is 0.0817. The van der Waals surface area contributed by atoms with Crippen molar-refractivity contribution in [1.82, 2.24) is 14.7 Å². The third-order valence-corrected chi connectivity index (χ3v) is 6.31. The Morgan fingerprint density at radius 3 is 2.53 bits per heavy atom. The van der Waals surface area contributed by atoms with Crippen LogP contribution < -0.4 is 4.74 Å². The standard InChI is InChI=1S/C27H33N3O2/c1-6-30(27(31)25-13-24(25)23-14-28-29(5)16-23)15-22-11-19(3)26(20(4)12-22)32-17-21-9-7-8-18(2)10-21/h7-12,14,16,24-25H,6,13,15,17H2,1-5H3/t24-,25-/m1/s1. The molecule has 0 spiro atoms. The van der Waals surface area contributed by atoms with Crippen LogP contribution in [0.3, 0.4) is 0 Å². The average molecular weight is 432 g/mol. The predicted octanol–water partition coefficient (Wildman–Crippen LogP) is 5.08. The third-order valence-electron chi connectivity index (χ3n) is 6.31. The second-order valence-corrected chi connectivity index (χ2v) is 9.08. The monoisotopic (exact) mass is 431 g/mol. The van der Waals surface area contributed by atoms with Crippen molar-refractivity contribution in [3.05, 3.63) is 82.2 Å². The van der Waals surface area contributed by atoms with Crippen LogP contribution in [0, 0.1) is 26.7 Å². The zero-order valence-electron chi connectivity index (χ0n) is 19.8. The smallest absolute Gasteiger partial charge is 0.226 e. The molecule has 0 N–H and O–H groups in total. The minimum atomic E-state index is 0.0817. The SMILES string of the molecule is CCN(Cc1cc(C)c(OCc2cccc(C)c2)c(C)c1)C(=O)[C@@H]1C[C@@H]1c1cnn(C)c1. The van der Waals surface area contributed by atoms with Crippen LogP contribution in [0.4, 0.5) is 0 Å². The molecule has 1 aromatic heterocycles. The van der Waals surface area contributed by atoms with Gasteiger partial charge in [0, 0.05) is 32.3 Å². The highest BCUT2D eigenvalue weighted by Gasteiger charge is 2.46. The maximum atomic E-state index is 13.1. The molecular weight excluding hydrogens is 398 g/mol. The van der Waals surface area contributed by atoms with Crippen molar-refractivity contribution in [2.45, 2.75) is 53.2 Å². The lowest BCUT2D eigenvalue weighted by Gasteiger charge is -2.22. The molecule has 0 unspecified atom stereocenters. The van der Waals surface area contributed by atoms with E-state index in [9.17, 15) is 4.79 Å². The van der Waals surface area contributed by atoms with E-state index in [-0.39, 0.29) is 11.8 Å². The van der Waals surface area contributed by atoms with E-state index in [0.717, 1.165) is 28.9 Å². The number of benzene rings is 2. The molecule has 5 heteroatoms. The van der Waals surface area contributed by atoms with Crippen molar-refractivity contribution in [2.75, 3.05) is 6.54 Å². The highest BCUT2D eigenvalue weighted by Crippen LogP contribution is 2.48. The van der Waals surface area contributed by atoms with E-state index in [2.05, 4.69) is 69.2 Å². The fourth-order valence-corrected chi connectivity index (χ4v) is 4.58. The molecule has 1 aliphatic carbocycles. The summed E-state index contributed by atoms with van der Waals surface area (Å²) < 4.78 is 7.97. The number of rotatable bonds is 8. The Kier molecular flexibility index (Phi) is 6.35. The van der Waals surface area contributed by atoms with Gasteiger partial charge in [-0.1, -0.05) is 42.0 Å². The Hall–Kier alpha value is -3.08. The number of nitrogens with zero attached hydrogens (tertiary/aromatic N) is 3. The molecular formula is C27H33N3O2. The van der Waals surface area contributed by atoms with Gasteiger partial charge < -0.3 is 9.64 Å². The number of aromatic nitrogens is 2. The maximum absolute atomic E-state index is 13.1. The zero-order chi connectivity index (χ0) is 22.8. The van der Waals surface area contributed by atoms with Crippen LogP contribution in [0.2, 0.25) is 0 Å². The molecule has 1 heterocycles. The van der Waals surface area contributed by atoms with Gasteiger partial charge in [-0.3, -0.25) is 9.48 Å². The fraction of sp³-hybridized carbons (Fsp3) is 0.407. The molecule has 0 radical (unpaired) electrons. The van der Waals surface area contributed by atoms with Crippen LogP contribution >= 0.6 is 0 Å². The van der Waals surface area contributed by atoms with Crippen LogP contribution in [-0.2, 0) is 25.0 Å². The summed E-state index contributed by atoms with van der Waals surface area (Å²) in [6.45, 7) is 10.2. The van der Waals surface area contributed by atoms with Crippen molar-refractivity contribution >= 4 is 5.91 Å². The summed E-state index contributed by atoms with van der Waals surface area (Å²) in [7, 11) is 1.92. The summed E-state index contributed by atoms with van der Waals surface area (Å²) in [6.07, 6.45) is 4.83. The summed E-state index contributed by atoms with van der Waals surface area (Å²) in [6, 6.07) is 12.7. The van der Waals surface area contributed by atoms with E-state index in [0.29, 0.717) is 25.6 Å². The lowest BCUT2D eigenvalue weighted by Crippen LogP contribution is -2.32. The average Bonchev–Trinajstić information content (AvgIpc) is 3.44.